The molecular formula is C13H29NO4SSi. The minimum Gasteiger partial charge on any atom is -0.449 e. The van der Waals surface area contributed by atoms with Crippen LogP contribution in [0, 0.1) is 5.41 Å². The summed E-state index contributed by atoms with van der Waals surface area (Å²) in [7, 11) is -5.95. The Bertz CT molecular complexity index is 421. The van der Waals surface area contributed by atoms with Gasteiger partial charge in [0.25, 0.3) is 0 Å². The number of nitrogens with zero attached hydrogens (tertiary/aromatic N) is 1. The van der Waals surface area contributed by atoms with Crippen LogP contribution in [0.15, 0.2) is 0 Å². The summed E-state index contributed by atoms with van der Waals surface area (Å²) < 4.78 is 30.9. The predicted molar refractivity (Wildman–Crippen MR) is 84.7 cm³/mol. The summed E-state index contributed by atoms with van der Waals surface area (Å²) in [6.45, 7) is 13.4. The molecule has 120 valence electrons. The van der Waals surface area contributed by atoms with Gasteiger partial charge in [-0.25, -0.2) is 17.2 Å². The van der Waals surface area contributed by atoms with Crippen molar-refractivity contribution in [1.82, 2.24) is 3.97 Å². The zero-order chi connectivity index (χ0) is 16.2. The summed E-state index contributed by atoms with van der Waals surface area (Å²) in [6, 6.07) is 0. The molecule has 0 aromatic carbocycles. The Balaban J connectivity index is 5.14. The Morgan fingerprint density at radius 2 is 1.70 bits per heavy atom. The lowest BCUT2D eigenvalue weighted by Crippen LogP contribution is -2.54. The molecule has 0 spiro atoms. The molecule has 7 heteroatoms. The van der Waals surface area contributed by atoms with Gasteiger partial charge in [0.1, 0.15) is 0 Å². The smallest absolute Gasteiger partial charge is 0.415 e. The van der Waals surface area contributed by atoms with E-state index in [1.807, 2.05) is 47.3 Å². The molecule has 0 aliphatic carbocycles. The summed E-state index contributed by atoms with van der Waals surface area (Å²) in [6.07, 6.45) is 0.598. The van der Waals surface area contributed by atoms with Gasteiger partial charge in [0.05, 0.1) is 12.4 Å². The largest absolute Gasteiger partial charge is 0.449 e. The van der Waals surface area contributed by atoms with Gasteiger partial charge in [0.2, 0.25) is 10.0 Å². The maximum absolute atomic E-state index is 12.4. The third-order valence-electron chi connectivity index (χ3n) is 2.44. The van der Waals surface area contributed by atoms with Crippen molar-refractivity contribution < 1.29 is 17.9 Å². The summed E-state index contributed by atoms with van der Waals surface area (Å²) in [4.78, 5) is 12.2. The van der Waals surface area contributed by atoms with E-state index in [0.29, 0.717) is 6.42 Å². The van der Waals surface area contributed by atoms with Crippen molar-refractivity contribution in [3.8, 4) is 0 Å². The predicted octanol–water partition coefficient (Wildman–Crippen LogP) is 3.44. The van der Waals surface area contributed by atoms with Crippen LogP contribution in [0.1, 0.15) is 40.5 Å². The minimum atomic E-state index is -3.59. The molecular weight excluding hydrogens is 294 g/mol. The topological polar surface area (TPSA) is 63.7 Å². The van der Waals surface area contributed by atoms with E-state index in [1.165, 1.54) is 0 Å². The molecule has 0 rings (SSSR count). The summed E-state index contributed by atoms with van der Waals surface area (Å²) in [5.74, 6) is -0.00160. The molecule has 20 heavy (non-hydrogen) atoms. The molecule has 0 heterocycles. The number of carbonyl (C=O) groups is 1. The third kappa shape index (κ3) is 6.74. The van der Waals surface area contributed by atoms with Gasteiger partial charge < -0.3 is 4.74 Å². The molecule has 1 amide bonds. The lowest BCUT2D eigenvalue weighted by molar-refractivity contribution is 0.0993. The van der Waals surface area contributed by atoms with Crippen LogP contribution in [0.3, 0.4) is 0 Å². The van der Waals surface area contributed by atoms with Gasteiger partial charge in [0.15, 0.2) is 8.24 Å². The Kier molecular flexibility index (Phi) is 6.74. The normalized spacial score (nSPS) is 13.2. The van der Waals surface area contributed by atoms with Crippen LogP contribution in [0.2, 0.25) is 19.6 Å². The highest BCUT2D eigenvalue weighted by Crippen LogP contribution is 2.20. The zero-order valence-corrected chi connectivity index (χ0v) is 15.6. The van der Waals surface area contributed by atoms with E-state index in [0.717, 1.165) is 10.4 Å². The molecule has 0 saturated carbocycles. The van der Waals surface area contributed by atoms with E-state index < -0.39 is 24.4 Å². The van der Waals surface area contributed by atoms with Gasteiger partial charge in [0, 0.05) is 0 Å². The monoisotopic (exact) mass is 323 g/mol. The average molecular weight is 324 g/mol. The SMILES string of the molecule is CCCCS(=O)(=O)N(C(=O)OCC(C)(C)C)[Si](C)(C)C. The molecule has 0 N–H and O–H groups in total. The van der Waals surface area contributed by atoms with Gasteiger partial charge in [-0.2, -0.15) is 0 Å². The second-order valence-corrected chi connectivity index (χ2v) is 14.3. The molecule has 0 bridgehead atoms. The molecule has 0 aromatic rings. The van der Waals surface area contributed by atoms with E-state index in [2.05, 4.69) is 0 Å². The van der Waals surface area contributed by atoms with Crippen LogP contribution >= 0.6 is 0 Å². The van der Waals surface area contributed by atoms with Gasteiger partial charge in [-0.05, 0) is 11.8 Å². The van der Waals surface area contributed by atoms with Crippen molar-refractivity contribution in [3.05, 3.63) is 0 Å². The lowest BCUT2D eigenvalue weighted by Gasteiger charge is -2.33. The number of ether oxygens (including phenoxy) is 1. The fourth-order valence-electron chi connectivity index (χ4n) is 1.56. The van der Waals surface area contributed by atoms with Gasteiger partial charge in [-0.15, -0.1) is 0 Å². The van der Waals surface area contributed by atoms with E-state index >= 15 is 0 Å². The number of sulfonamides is 1. The van der Waals surface area contributed by atoms with Crippen molar-refractivity contribution >= 4 is 24.4 Å². The summed E-state index contributed by atoms with van der Waals surface area (Å²) in [5.41, 5.74) is -0.187. The number of amides is 1. The van der Waals surface area contributed by atoms with Crippen molar-refractivity contribution in [1.29, 1.82) is 0 Å². The second kappa shape index (κ2) is 6.93. The van der Waals surface area contributed by atoms with Crippen molar-refractivity contribution in [3.63, 3.8) is 0 Å². The highest BCUT2D eigenvalue weighted by molar-refractivity contribution is 7.91. The van der Waals surface area contributed by atoms with E-state index in [1.54, 1.807) is 0 Å². The second-order valence-electron chi connectivity index (χ2n) is 7.22. The highest BCUT2D eigenvalue weighted by Gasteiger charge is 2.39. The van der Waals surface area contributed by atoms with Gasteiger partial charge >= 0.3 is 6.09 Å². The Labute approximate surface area is 124 Å². The van der Waals surface area contributed by atoms with E-state index in [9.17, 15) is 13.2 Å². The van der Waals surface area contributed by atoms with Gasteiger partial charge in [-0.3, -0.25) is 0 Å². The Hall–Kier alpha value is -0.563. The molecule has 0 aliphatic rings. The first kappa shape index (κ1) is 19.4. The number of unbranched alkanes of at least 4 members (excludes halogenated alkanes) is 1. The first-order valence-electron chi connectivity index (χ1n) is 7.01. The first-order chi connectivity index (χ1) is 8.81. The molecule has 5 nitrogen and oxygen atoms in total. The van der Waals surface area contributed by atoms with Crippen LogP contribution in [-0.4, -0.2) is 39.1 Å². The van der Waals surface area contributed by atoms with E-state index in [-0.39, 0.29) is 17.8 Å². The highest BCUT2D eigenvalue weighted by atomic mass is 32.2. The number of carbonyl (C=O) groups excluding carboxylic acids is 1. The van der Waals surface area contributed by atoms with Crippen LogP contribution in [0.25, 0.3) is 0 Å². The summed E-state index contributed by atoms with van der Waals surface area (Å²) >= 11 is 0. The minimum absolute atomic E-state index is 0.00160. The standard InChI is InChI=1S/C13H29NO4SSi/c1-8-9-10-19(16,17)14(20(5,6)7)12(15)18-11-13(2,3)4/h8-11H2,1-7H3. The first-order valence-corrected chi connectivity index (χ1v) is 12.1. The van der Waals surface area contributed by atoms with Crippen molar-refractivity contribution in [2.24, 2.45) is 5.41 Å². The average Bonchev–Trinajstić information content (AvgIpc) is 2.20. The van der Waals surface area contributed by atoms with Crippen molar-refractivity contribution in [2.75, 3.05) is 12.4 Å². The Morgan fingerprint density at radius 1 is 1.20 bits per heavy atom. The quantitative estimate of drug-likeness (QED) is 0.702. The maximum atomic E-state index is 12.4. The molecule has 0 aliphatic heterocycles. The third-order valence-corrected chi connectivity index (χ3v) is 7.83. The zero-order valence-electron chi connectivity index (χ0n) is 13.8. The molecule has 0 atom stereocenters. The molecule has 0 saturated heterocycles. The molecule has 0 unspecified atom stereocenters. The number of rotatable bonds is 6. The molecule has 0 radical (unpaired) electrons. The fourth-order valence-corrected chi connectivity index (χ4v) is 6.90. The van der Waals surface area contributed by atoms with Crippen molar-refractivity contribution in [2.45, 2.75) is 60.2 Å². The maximum Gasteiger partial charge on any atom is 0.415 e. The Morgan fingerprint density at radius 3 is 2.05 bits per heavy atom. The molecule has 0 aromatic heterocycles. The summed E-state index contributed by atoms with van der Waals surface area (Å²) in [5, 5.41) is 0. The number of hydrogen-bond acceptors (Lipinski definition) is 4. The number of hydrogen-bond donors (Lipinski definition) is 0. The lowest BCUT2D eigenvalue weighted by atomic mass is 9.99. The van der Waals surface area contributed by atoms with E-state index in [4.69, 9.17) is 4.74 Å². The fraction of sp³-hybridized carbons (Fsp3) is 0.923. The van der Waals surface area contributed by atoms with Crippen LogP contribution in [0.4, 0.5) is 4.79 Å². The van der Waals surface area contributed by atoms with Gasteiger partial charge in [-0.1, -0.05) is 53.8 Å². The molecule has 0 fully saturated rings. The van der Waals surface area contributed by atoms with Crippen LogP contribution in [-0.2, 0) is 14.8 Å². The van der Waals surface area contributed by atoms with Crippen LogP contribution < -0.4 is 0 Å². The van der Waals surface area contributed by atoms with Crippen LogP contribution in [0.5, 0.6) is 0 Å².